The average molecular weight is 264 g/mol. The van der Waals surface area contributed by atoms with Crippen LogP contribution in [0.4, 0.5) is 5.69 Å². The molecule has 0 aliphatic carbocycles. The number of hydrogen-bond acceptors (Lipinski definition) is 3. The van der Waals surface area contributed by atoms with E-state index < -0.39 is 0 Å². The maximum Gasteiger partial charge on any atom is 0.253 e. The minimum atomic E-state index is -0.287. The molecule has 0 aliphatic heterocycles. The van der Waals surface area contributed by atoms with Crippen LogP contribution >= 0.6 is 0 Å². The summed E-state index contributed by atoms with van der Waals surface area (Å²) in [5.41, 5.74) is 0.979. The second kappa shape index (κ2) is 6.89. The van der Waals surface area contributed by atoms with Crippen LogP contribution in [0.5, 0.6) is 0 Å². The van der Waals surface area contributed by atoms with Gasteiger partial charge in [-0.3, -0.25) is 9.59 Å². The first-order chi connectivity index (χ1) is 9.01. The van der Waals surface area contributed by atoms with Gasteiger partial charge in [0.15, 0.2) is 0 Å². The first-order valence-corrected chi connectivity index (χ1v) is 6.26. The monoisotopic (exact) mass is 264 g/mol. The van der Waals surface area contributed by atoms with Crippen molar-refractivity contribution >= 4 is 17.5 Å². The Kier molecular flexibility index (Phi) is 5.51. The van der Waals surface area contributed by atoms with E-state index in [0.29, 0.717) is 17.7 Å². The average Bonchev–Trinajstić information content (AvgIpc) is 2.43. The molecule has 2 amide bonds. The van der Waals surface area contributed by atoms with Gasteiger partial charge in [0.05, 0.1) is 23.9 Å². The van der Waals surface area contributed by atoms with Crippen LogP contribution < -0.4 is 10.2 Å². The van der Waals surface area contributed by atoms with E-state index in [0.717, 1.165) is 0 Å². The number of hydrogen-bond donors (Lipinski definition) is 2. The number of carbonyl (C=O) groups is 2. The Morgan fingerprint density at radius 3 is 2.53 bits per heavy atom. The standard InChI is InChI=1S/C14H20N2O3/c1-4-11(9-17)15-14(19)12-7-5-6-8-13(12)16(3)10(2)18/h5-8,11,17H,4,9H2,1-3H3,(H,15,19). The number of nitrogens with zero attached hydrogens (tertiary/aromatic N) is 1. The van der Waals surface area contributed by atoms with E-state index in [2.05, 4.69) is 5.32 Å². The lowest BCUT2D eigenvalue weighted by molar-refractivity contribution is -0.116. The van der Waals surface area contributed by atoms with Crippen molar-refractivity contribution in [1.29, 1.82) is 0 Å². The number of amides is 2. The highest BCUT2D eigenvalue weighted by Crippen LogP contribution is 2.19. The second-order valence-corrected chi connectivity index (χ2v) is 4.36. The molecule has 1 atom stereocenters. The lowest BCUT2D eigenvalue weighted by atomic mass is 10.1. The van der Waals surface area contributed by atoms with Gasteiger partial charge >= 0.3 is 0 Å². The molecule has 0 aromatic heterocycles. The number of aliphatic hydroxyl groups is 1. The molecule has 2 N–H and O–H groups in total. The van der Waals surface area contributed by atoms with Crippen LogP contribution in [-0.2, 0) is 4.79 Å². The molecule has 0 spiro atoms. The third-order valence-electron chi connectivity index (χ3n) is 3.03. The molecule has 1 unspecified atom stereocenters. The summed E-state index contributed by atoms with van der Waals surface area (Å²) < 4.78 is 0. The molecule has 1 rings (SSSR count). The van der Waals surface area contributed by atoms with Crippen molar-refractivity contribution in [2.75, 3.05) is 18.6 Å². The number of anilines is 1. The minimum absolute atomic E-state index is 0.104. The van der Waals surface area contributed by atoms with E-state index in [1.165, 1.54) is 11.8 Å². The quantitative estimate of drug-likeness (QED) is 0.838. The Balaban J connectivity index is 3.00. The SMILES string of the molecule is CCC(CO)NC(=O)c1ccccc1N(C)C(C)=O. The fourth-order valence-electron chi connectivity index (χ4n) is 1.67. The highest BCUT2D eigenvalue weighted by atomic mass is 16.3. The van der Waals surface area contributed by atoms with Gasteiger partial charge in [-0.15, -0.1) is 0 Å². The fraction of sp³-hybridized carbons (Fsp3) is 0.429. The summed E-state index contributed by atoms with van der Waals surface area (Å²) in [5, 5.41) is 11.8. The lowest BCUT2D eigenvalue weighted by Crippen LogP contribution is -2.38. The van der Waals surface area contributed by atoms with E-state index in [-0.39, 0.29) is 24.5 Å². The molecule has 19 heavy (non-hydrogen) atoms. The van der Waals surface area contributed by atoms with Gasteiger partial charge in [-0.2, -0.15) is 0 Å². The second-order valence-electron chi connectivity index (χ2n) is 4.36. The first kappa shape index (κ1) is 15.2. The van der Waals surface area contributed by atoms with Crippen molar-refractivity contribution in [2.45, 2.75) is 26.3 Å². The highest BCUT2D eigenvalue weighted by Gasteiger charge is 2.17. The Morgan fingerprint density at radius 1 is 1.37 bits per heavy atom. The van der Waals surface area contributed by atoms with E-state index in [1.54, 1.807) is 31.3 Å². The zero-order valence-electron chi connectivity index (χ0n) is 11.5. The van der Waals surface area contributed by atoms with Gasteiger partial charge in [-0.05, 0) is 18.6 Å². The molecule has 104 valence electrons. The maximum atomic E-state index is 12.2. The molecule has 0 fully saturated rings. The van der Waals surface area contributed by atoms with Crippen molar-refractivity contribution in [1.82, 2.24) is 5.32 Å². The Bertz CT molecular complexity index is 456. The summed E-state index contributed by atoms with van der Waals surface area (Å²) in [6, 6.07) is 6.62. The van der Waals surface area contributed by atoms with Gasteiger partial charge in [-0.25, -0.2) is 0 Å². The van der Waals surface area contributed by atoms with Crippen LogP contribution in [0.3, 0.4) is 0 Å². The van der Waals surface area contributed by atoms with Crippen LogP contribution in [0.25, 0.3) is 0 Å². The van der Waals surface area contributed by atoms with Crippen LogP contribution in [0.1, 0.15) is 30.6 Å². The minimum Gasteiger partial charge on any atom is -0.394 e. The third kappa shape index (κ3) is 3.79. The van der Waals surface area contributed by atoms with Crippen LogP contribution in [-0.4, -0.2) is 36.6 Å². The summed E-state index contributed by atoms with van der Waals surface area (Å²) in [6.07, 6.45) is 0.646. The van der Waals surface area contributed by atoms with Gasteiger partial charge in [-0.1, -0.05) is 19.1 Å². The Hall–Kier alpha value is -1.88. The largest absolute Gasteiger partial charge is 0.394 e. The lowest BCUT2D eigenvalue weighted by Gasteiger charge is -2.20. The molecule has 0 heterocycles. The van der Waals surface area contributed by atoms with Gasteiger partial charge in [0.25, 0.3) is 5.91 Å². The predicted molar refractivity (Wildman–Crippen MR) is 74.2 cm³/mol. The van der Waals surface area contributed by atoms with Crippen molar-refractivity contribution in [2.24, 2.45) is 0 Å². The highest BCUT2D eigenvalue weighted by molar-refractivity contribution is 6.04. The smallest absolute Gasteiger partial charge is 0.253 e. The molecule has 1 aromatic carbocycles. The number of aliphatic hydroxyl groups excluding tert-OH is 1. The summed E-state index contributed by atoms with van der Waals surface area (Å²) >= 11 is 0. The summed E-state index contributed by atoms with van der Waals surface area (Å²) in [4.78, 5) is 25.0. The van der Waals surface area contributed by atoms with Gasteiger partial charge < -0.3 is 15.3 Å². The molecule has 1 aromatic rings. The molecule has 5 heteroatoms. The van der Waals surface area contributed by atoms with E-state index in [1.807, 2.05) is 6.92 Å². The van der Waals surface area contributed by atoms with Gasteiger partial charge in [0.1, 0.15) is 0 Å². The van der Waals surface area contributed by atoms with E-state index >= 15 is 0 Å². The molecule has 0 radical (unpaired) electrons. The van der Waals surface area contributed by atoms with Crippen molar-refractivity contribution in [3.63, 3.8) is 0 Å². The van der Waals surface area contributed by atoms with Crippen molar-refractivity contribution in [3.8, 4) is 0 Å². The summed E-state index contributed by atoms with van der Waals surface area (Å²) in [5.74, 6) is -0.431. The molecule has 0 saturated heterocycles. The molecule has 0 bridgehead atoms. The Morgan fingerprint density at radius 2 is 2.00 bits per heavy atom. The van der Waals surface area contributed by atoms with Crippen LogP contribution in [0, 0.1) is 0 Å². The Labute approximate surface area is 113 Å². The van der Waals surface area contributed by atoms with Gasteiger partial charge in [0, 0.05) is 14.0 Å². The zero-order valence-corrected chi connectivity index (χ0v) is 11.5. The van der Waals surface area contributed by atoms with Gasteiger partial charge in [0.2, 0.25) is 5.91 Å². The maximum absolute atomic E-state index is 12.2. The normalized spacial score (nSPS) is 11.8. The molecular formula is C14H20N2O3. The number of para-hydroxylation sites is 1. The molecule has 0 aliphatic rings. The van der Waals surface area contributed by atoms with Crippen molar-refractivity contribution in [3.05, 3.63) is 29.8 Å². The number of benzene rings is 1. The van der Waals surface area contributed by atoms with Crippen LogP contribution in [0.2, 0.25) is 0 Å². The fourth-order valence-corrected chi connectivity index (χ4v) is 1.67. The van der Waals surface area contributed by atoms with E-state index in [9.17, 15) is 9.59 Å². The number of rotatable bonds is 5. The van der Waals surface area contributed by atoms with Crippen molar-refractivity contribution < 1.29 is 14.7 Å². The zero-order chi connectivity index (χ0) is 14.4. The predicted octanol–water partition coefficient (Wildman–Crippen LogP) is 1.17. The number of carbonyl (C=O) groups excluding carboxylic acids is 2. The third-order valence-corrected chi connectivity index (χ3v) is 3.03. The topological polar surface area (TPSA) is 69.6 Å². The van der Waals surface area contributed by atoms with Crippen LogP contribution in [0.15, 0.2) is 24.3 Å². The first-order valence-electron chi connectivity index (χ1n) is 6.26. The number of nitrogens with one attached hydrogen (secondary N) is 1. The molecule has 5 nitrogen and oxygen atoms in total. The molecular weight excluding hydrogens is 244 g/mol. The summed E-state index contributed by atoms with van der Waals surface area (Å²) in [7, 11) is 1.62. The molecule has 0 saturated carbocycles. The van der Waals surface area contributed by atoms with E-state index in [4.69, 9.17) is 5.11 Å². The summed E-state index contributed by atoms with van der Waals surface area (Å²) in [6.45, 7) is 3.22.